The molecule has 0 amide bonds. The van der Waals surface area contributed by atoms with Crippen LogP contribution >= 0.6 is 15.9 Å². The summed E-state index contributed by atoms with van der Waals surface area (Å²) in [5.74, 6) is 0.104. The molecular weight excluding hydrogens is 304 g/mol. The van der Waals surface area contributed by atoms with Gasteiger partial charge in [0.25, 0.3) is 0 Å². The summed E-state index contributed by atoms with van der Waals surface area (Å²) in [7, 11) is 1.94. The normalized spacial score (nSPS) is 12.7. The van der Waals surface area contributed by atoms with E-state index in [1.165, 1.54) is 11.1 Å². The molecule has 1 unspecified atom stereocenters. The van der Waals surface area contributed by atoms with Crippen molar-refractivity contribution >= 4 is 15.9 Å². The highest BCUT2D eigenvalue weighted by Crippen LogP contribution is 2.28. The maximum Gasteiger partial charge on any atom is 0.0738 e. The van der Waals surface area contributed by atoms with Crippen LogP contribution in [0, 0.1) is 13.8 Å². The van der Waals surface area contributed by atoms with Gasteiger partial charge in [-0.2, -0.15) is 5.10 Å². The molecule has 0 saturated heterocycles. The molecule has 0 spiro atoms. The van der Waals surface area contributed by atoms with E-state index in [1.54, 1.807) is 0 Å². The Morgan fingerprint density at radius 2 is 2.00 bits per heavy atom. The topological polar surface area (TPSA) is 38.1 Å². The van der Waals surface area contributed by atoms with Crippen molar-refractivity contribution in [3.8, 4) is 0 Å². The highest BCUT2D eigenvalue weighted by molar-refractivity contribution is 9.10. The molecule has 2 rings (SSSR count). The summed E-state index contributed by atoms with van der Waals surface area (Å²) in [5, 5.41) is 14.1. The van der Waals surface area contributed by atoms with Crippen molar-refractivity contribution in [2.24, 2.45) is 7.05 Å². The number of aliphatic hydroxyl groups is 1. The molecule has 1 heterocycles. The van der Waals surface area contributed by atoms with Crippen molar-refractivity contribution < 1.29 is 5.11 Å². The van der Waals surface area contributed by atoms with Crippen molar-refractivity contribution in [2.45, 2.75) is 26.2 Å². The third kappa shape index (κ3) is 2.90. The number of benzene rings is 1. The quantitative estimate of drug-likeness (QED) is 0.939. The largest absolute Gasteiger partial charge is 0.396 e. The van der Waals surface area contributed by atoms with E-state index in [4.69, 9.17) is 0 Å². The van der Waals surface area contributed by atoms with Crippen LogP contribution in [0.5, 0.6) is 0 Å². The Labute approximate surface area is 122 Å². The third-order valence-corrected chi connectivity index (χ3v) is 4.58. The standard InChI is InChI=1S/C15H19BrN2O/c1-10-6-4-5-7-13(10)12(9-19)8-14-15(16)11(2)17-18(14)3/h4-7,12,19H,8-9H2,1-3H3. The first-order valence-corrected chi connectivity index (χ1v) is 7.18. The molecule has 3 nitrogen and oxygen atoms in total. The number of rotatable bonds is 4. The zero-order valence-corrected chi connectivity index (χ0v) is 13.1. The van der Waals surface area contributed by atoms with Gasteiger partial charge in [-0.3, -0.25) is 4.68 Å². The van der Waals surface area contributed by atoms with Crippen LogP contribution < -0.4 is 0 Å². The lowest BCUT2D eigenvalue weighted by molar-refractivity contribution is 0.262. The lowest BCUT2D eigenvalue weighted by atomic mass is 9.91. The molecule has 0 saturated carbocycles. The average Bonchev–Trinajstić information content (AvgIpc) is 2.63. The number of nitrogens with zero attached hydrogens (tertiary/aromatic N) is 2. The first kappa shape index (κ1) is 14.3. The van der Waals surface area contributed by atoms with E-state index < -0.39 is 0 Å². The van der Waals surface area contributed by atoms with E-state index in [0.717, 1.165) is 22.3 Å². The maximum absolute atomic E-state index is 9.71. The molecule has 0 fully saturated rings. The van der Waals surface area contributed by atoms with Crippen molar-refractivity contribution in [2.75, 3.05) is 6.61 Å². The molecule has 0 radical (unpaired) electrons. The minimum atomic E-state index is 0.104. The second kappa shape index (κ2) is 5.88. The molecule has 0 bridgehead atoms. The maximum atomic E-state index is 9.71. The Bertz CT molecular complexity index is 578. The lowest BCUT2D eigenvalue weighted by Gasteiger charge is -2.17. The van der Waals surface area contributed by atoms with Crippen LogP contribution in [0.1, 0.15) is 28.4 Å². The van der Waals surface area contributed by atoms with E-state index in [2.05, 4.69) is 40.1 Å². The second-order valence-electron chi connectivity index (χ2n) is 4.91. The van der Waals surface area contributed by atoms with E-state index >= 15 is 0 Å². The van der Waals surface area contributed by atoms with Crippen LogP contribution in [0.2, 0.25) is 0 Å². The SMILES string of the molecule is Cc1ccccc1C(CO)Cc1c(Br)c(C)nn1C. The fourth-order valence-electron chi connectivity index (χ4n) is 2.45. The molecule has 2 aromatic rings. The first-order valence-electron chi connectivity index (χ1n) is 6.39. The van der Waals surface area contributed by atoms with Crippen LogP contribution in [-0.4, -0.2) is 21.5 Å². The van der Waals surface area contributed by atoms with E-state index in [-0.39, 0.29) is 12.5 Å². The summed E-state index contributed by atoms with van der Waals surface area (Å²) in [6, 6.07) is 8.22. The van der Waals surface area contributed by atoms with E-state index in [1.807, 2.05) is 30.8 Å². The molecule has 0 aliphatic carbocycles. The van der Waals surface area contributed by atoms with Gasteiger partial charge < -0.3 is 5.11 Å². The minimum Gasteiger partial charge on any atom is -0.396 e. The molecule has 0 aliphatic heterocycles. The van der Waals surface area contributed by atoms with Gasteiger partial charge in [0.05, 0.1) is 22.5 Å². The van der Waals surface area contributed by atoms with Gasteiger partial charge in [0.15, 0.2) is 0 Å². The number of aliphatic hydroxyl groups excluding tert-OH is 1. The molecule has 1 atom stereocenters. The van der Waals surface area contributed by atoms with Gasteiger partial charge in [-0.25, -0.2) is 0 Å². The second-order valence-corrected chi connectivity index (χ2v) is 5.70. The summed E-state index contributed by atoms with van der Waals surface area (Å²) >= 11 is 3.58. The van der Waals surface area contributed by atoms with Crippen molar-refractivity contribution in [3.63, 3.8) is 0 Å². The van der Waals surface area contributed by atoms with Gasteiger partial charge in [0.1, 0.15) is 0 Å². The van der Waals surface area contributed by atoms with Crippen LogP contribution in [0.3, 0.4) is 0 Å². The van der Waals surface area contributed by atoms with E-state index in [9.17, 15) is 5.11 Å². The summed E-state index contributed by atoms with van der Waals surface area (Å²) in [6.45, 7) is 4.21. The highest BCUT2D eigenvalue weighted by atomic mass is 79.9. The zero-order chi connectivity index (χ0) is 14.0. The van der Waals surface area contributed by atoms with Gasteiger partial charge in [0, 0.05) is 13.0 Å². The van der Waals surface area contributed by atoms with Crippen LogP contribution in [0.15, 0.2) is 28.7 Å². The predicted molar refractivity (Wildman–Crippen MR) is 80.4 cm³/mol. The van der Waals surface area contributed by atoms with Crippen LogP contribution in [0.25, 0.3) is 0 Å². The molecule has 102 valence electrons. The molecule has 0 aliphatic rings. The number of aryl methyl sites for hydroxylation is 3. The van der Waals surface area contributed by atoms with Crippen molar-refractivity contribution in [1.82, 2.24) is 9.78 Å². The average molecular weight is 323 g/mol. The van der Waals surface area contributed by atoms with Crippen LogP contribution in [0.4, 0.5) is 0 Å². The minimum absolute atomic E-state index is 0.104. The number of aromatic nitrogens is 2. The molecule has 1 N–H and O–H groups in total. The lowest BCUT2D eigenvalue weighted by Crippen LogP contribution is -2.12. The fraction of sp³-hybridized carbons (Fsp3) is 0.400. The third-order valence-electron chi connectivity index (χ3n) is 3.55. The fourth-order valence-corrected chi connectivity index (χ4v) is 2.95. The van der Waals surface area contributed by atoms with Gasteiger partial charge in [-0.05, 0) is 47.3 Å². The van der Waals surface area contributed by atoms with Gasteiger partial charge >= 0.3 is 0 Å². The molecular formula is C15H19BrN2O. The summed E-state index contributed by atoms with van der Waals surface area (Å²) in [6.07, 6.45) is 0.777. The Morgan fingerprint density at radius 1 is 1.32 bits per heavy atom. The Hall–Kier alpha value is -1.13. The van der Waals surface area contributed by atoms with Crippen LogP contribution in [-0.2, 0) is 13.5 Å². The van der Waals surface area contributed by atoms with Gasteiger partial charge in [0.2, 0.25) is 0 Å². The molecule has 4 heteroatoms. The molecule has 19 heavy (non-hydrogen) atoms. The monoisotopic (exact) mass is 322 g/mol. The van der Waals surface area contributed by atoms with Gasteiger partial charge in [-0.1, -0.05) is 24.3 Å². The van der Waals surface area contributed by atoms with Gasteiger partial charge in [-0.15, -0.1) is 0 Å². The summed E-state index contributed by atoms with van der Waals surface area (Å²) in [4.78, 5) is 0. The smallest absolute Gasteiger partial charge is 0.0738 e. The zero-order valence-electron chi connectivity index (χ0n) is 11.5. The Morgan fingerprint density at radius 3 is 2.53 bits per heavy atom. The number of hydrogen-bond donors (Lipinski definition) is 1. The highest BCUT2D eigenvalue weighted by Gasteiger charge is 2.18. The molecule has 1 aromatic heterocycles. The van der Waals surface area contributed by atoms with E-state index in [0.29, 0.717) is 0 Å². The van der Waals surface area contributed by atoms with Crippen molar-refractivity contribution in [3.05, 3.63) is 51.3 Å². The summed E-state index contributed by atoms with van der Waals surface area (Å²) in [5.41, 5.74) is 4.53. The number of halogens is 1. The number of hydrogen-bond acceptors (Lipinski definition) is 2. The van der Waals surface area contributed by atoms with Crippen molar-refractivity contribution in [1.29, 1.82) is 0 Å². The summed E-state index contributed by atoms with van der Waals surface area (Å²) < 4.78 is 2.93. The predicted octanol–water partition coefficient (Wildman–Crippen LogP) is 3.12. The Kier molecular flexibility index (Phi) is 4.42. The molecule has 1 aromatic carbocycles. The first-order chi connectivity index (χ1) is 9.04. The Balaban J connectivity index is 2.32.